The molecule has 8 rings (SSSR count). The molecule has 4 nitrogen and oxygen atoms in total. The minimum absolute atomic E-state index is 0.409. The van der Waals surface area contributed by atoms with Crippen LogP contribution in [0.2, 0.25) is 0 Å². The van der Waals surface area contributed by atoms with E-state index in [9.17, 15) is 9.59 Å². The summed E-state index contributed by atoms with van der Waals surface area (Å²) in [5.41, 5.74) is 5.15. The molecular weight excluding hydrogens is 592 g/mol. The number of hydrogen-bond donors (Lipinski definition) is 0. The molecule has 48 heavy (non-hydrogen) atoms. The minimum atomic E-state index is -0.409. The maximum Gasteiger partial charge on any atom is 0.343 e. The lowest BCUT2D eigenvalue weighted by Gasteiger charge is -2.21. The molecule has 0 N–H and O–H groups in total. The SMILES string of the molecule is Cc1ccc(C(=O)Oc2c3ccccc3c(-c3c4ccccc4c(OC(=O)c4ccc(C)cc4)c4ccccc34)c3ccccc23)cc1. The second-order valence-corrected chi connectivity index (χ2v) is 12.1. The zero-order valence-corrected chi connectivity index (χ0v) is 26.5. The van der Waals surface area contributed by atoms with Crippen LogP contribution in [-0.2, 0) is 0 Å². The molecule has 0 bridgehead atoms. The molecule has 0 unspecified atom stereocenters. The van der Waals surface area contributed by atoms with Gasteiger partial charge in [-0.05, 0) is 70.8 Å². The lowest BCUT2D eigenvalue weighted by atomic mass is 9.85. The van der Waals surface area contributed by atoms with Crippen LogP contribution in [0.25, 0.3) is 54.2 Å². The maximum absolute atomic E-state index is 13.5. The van der Waals surface area contributed by atoms with Crippen LogP contribution in [0, 0.1) is 13.8 Å². The fourth-order valence-electron chi connectivity index (χ4n) is 6.62. The Morgan fingerprint density at radius 2 is 0.604 bits per heavy atom. The number of carbonyl (C=O) groups excluding carboxylic acids is 2. The average Bonchev–Trinajstić information content (AvgIpc) is 3.12. The normalized spacial score (nSPS) is 11.3. The van der Waals surface area contributed by atoms with Crippen LogP contribution in [-0.4, -0.2) is 11.9 Å². The van der Waals surface area contributed by atoms with Gasteiger partial charge in [0.15, 0.2) is 0 Å². The summed E-state index contributed by atoms with van der Waals surface area (Å²) in [7, 11) is 0. The van der Waals surface area contributed by atoms with Gasteiger partial charge >= 0.3 is 11.9 Å². The smallest absolute Gasteiger partial charge is 0.343 e. The van der Waals surface area contributed by atoms with Crippen molar-refractivity contribution < 1.29 is 19.1 Å². The van der Waals surface area contributed by atoms with E-state index in [-0.39, 0.29) is 0 Å². The molecule has 0 aliphatic rings. The predicted octanol–water partition coefficient (Wildman–Crippen LogP) is 11.0. The fraction of sp³-hybridized carbons (Fsp3) is 0.0455. The van der Waals surface area contributed by atoms with Crippen molar-refractivity contribution in [2.24, 2.45) is 0 Å². The molecule has 0 saturated heterocycles. The fourth-order valence-corrected chi connectivity index (χ4v) is 6.62. The molecule has 0 saturated carbocycles. The van der Waals surface area contributed by atoms with Gasteiger partial charge in [-0.2, -0.15) is 0 Å². The largest absolute Gasteiger partial charge is 0.422 e. The van der Waals surface area contributed by atoms with Gasteiger partial charge in [0.2, 0.25) is 0 Å². The van der Waals surface area contributed by atoms with Crippen LogP contribution in [0.4, 0.5) is 0 Å². The van der Waals surface area contributed by atoms with Gasteiger partial charge in [-0.25, -0.2) is 9.59 Å². The summed E-state index contributed by atoms with van der Waals surface area (Å²) in [5.74, 6) is 0.225. The van der Waals surface area contributed by atoms with Gasteiger partial charge < -0.3 is 9.47 Å². The Bertz CT molecular complexity index is 2250. The highest BCUT2D eigenvalue weighted by Gasteiger charge is 2.24. The van der Waals surface area contributed by atoms with Gasteiger partial charge in [-0.1, -0.05) is 132 Å². The number of carbonyl (C=O) groups is 2. The van der Waals surface area contributed by atoms with E-state index < -0.39 is 11.9 Å². The second kappa shape index (κ2) is 11.8. The minimum Gasteiger partial charge on any atom is -0.422 e. The molecule has 8 aromatic rings. The van der Waals surface area contributed by atoms with Crippen molar-refractivity contribution >= 4 is 55.0 Å². The molecule has 0 spiro atoms. The monoisotopic (exact) mass is 622 g/mol. The van der Waals surface area contributed by atoms with Crippen LogP contribution >= 0.6 is 0 Å². The molecule has 0 aliphatic carbocycles. The number of aryl methyl sites for hydroxylation is 2. The van der Waals surface area contributed by atoms with Gasteiger partial charge in [0.1, 0.15) is 11.5 Å². The molecule has 0 radical (unpaired) electrons. The molecule has 8 aromatic carbocycles. The van der Waals surface area contributed by atoms with E-state index in [2.05, 4.69) is 24.3 Å². The lowest BCUT2D eigenvalue weighted by molar-refractivity contribution is 0.0730. The number of ether oxygens (including phenoxy) is 2. The van der Waals surface area contributed by atoms with Crippen LogP contribution in [0.5, 0.6) is 11.5 Å². The lowest BCUT2D eigenvalue weighted by Crippen LogP contribution is -2.10. The van der Waals surface area contributed by atoms with Gasteiger partial charge in [0.25, 0.3) is 0 Å². The number of hydrogen-bond acceptors (Lipinski definition) is 4. The Morgan fingerprint density at radius 1 is 0.354 bits per heavy atom. The third-order valence-corrected chi connectivity index (χ3v) is 8.98. The molecule has 4 heteroatoms. The van der Waals surface area contributed by atoms with Gasteiger partial charge in [-0.15, -0.1) is 0 Å². The van der Waals surface area contributed by atoms with Gasteiger partial charge in [0.05, 0.1) is 11.1 Å². The van der Waals surface area contributed by atoms with E-state index >= 15 is 0 Å². The van der Waals surface area contributed by atoms with Crippen LogP contribution in [0.1, 0.15) is 31.8 Å². The Labute approximate surface area is 277 Å². The molecule has 0 heterocycles. The number of rotatable bonds is 5. The van der Waals surface area contributed by atoms with Crippen molar-refractivity contribution in [1.82, 2.24) is 0 Å². The third-order valence-electron chi connectivity index (χ3n) is 8.98. The molecule has 0 amide bonds. The Morgan fingerprint density at radius 3 is 0.875 bits per heavy atom. The molecule has 0 fully saturated rings. The van der Waals surface area contributed by atoms with Crippen molar-refractivity contribution in [2.45, 2.75) is 13.8 Å². The quantitative estimate of drug-likeness (QED) is 0.109. The number of benzene rings is 8. The molecule has 0 atom stereocenters. The van der Waals surface area contributed by atoms with Crippen molar-refractivity contribution in [3.8, 4) is 22.6 Å². The van der Waals surface area contributed by atoms with E-state index in [0.29, 0.717) is 22.6 Å². The highest BCUT2D eigenvalue weighted by Crippen LogP contribution is 2.50. The van der Waals surface area contributed by atoms with Gasteiger partial charge in [-0.3, -0.25) is 0 Å². The van der Waals surface area contributed by atoms with Crippen molar-refractivity contribution in [3.05, 3.63) is 168 Å². The van der Waals surface area contributed by atoms with E-state index in [1.165, 1.54) is 0 Å². The Kier molecular flexibility index (Phi) is 7.19. The summed E-state index contributed by atoms with van der Waals surface area (Å²) >= 11 is 0. The van der Waals surface area contributed by atoms with Crippen LogP contribution in [0.3, 0.4) is 0 Å². The first-order chi connectivity index (χ1) is 23.5. The standard InChI is InChI=1S/C44H30O4/c1-27-19-23-29(24-20-27)43(45)47-41-35-15-7-3-11-31(35)39(32-12-4-8-16-36(32)41)40-33-13-5-9-17-37(33)42(38-18-10-6-14-34(38)40)48-44(46)30-25-21-28(2)22-26-30/h3-26H,1-2H3. The van der Waals surface area contributed by atoms with Gasteiger partial charge in [0, 0.05) is 21.5 Å². The topological polar surface area (TPSA) is 52.6 Å². The Hall–Kier alpha value is -6.26. The highest BCUT2D eigenvalue weighted by molar-refractivity contribution is 6.27. The van der Waals surface area contributed by atoms with Crippen molar-refractivity contribution in [2.75, 3.05) is 0 Å². The summed E-state index contributed by atoms with van der Waals surface area (Å²) in [6.45, 7) is 3.98. The summed E-state index contributed by atoms with van der Waals surface area (Å²) in [5, 5.41) is 7.10. The van der Waals surface area contributed by atoms with E-state index in [1.807, 2.05) is 111 Å². The third kappa shape index (κ3) is 4.95. The summed E-state index contributed by atoms with van der Waals surface area (Å²) in [4.78, 5) is 27.0. The Balaban J connectivity index is 1.40. The summed E-state index contributed by atoms with van der Waals surface area (Å²) in [6.07, 6.45) is 0. The van der Waals surface area contributed by atoms with E-state index in [1.54, 1.807) is 24.3 Å². The molecule has 230 valence electrons. The molecule has 0 aliphatic heterocycles. The first-order valence-corrected chi connectivity index (χ1v) is 15.9. The number of esters is 2. The second-order valence-electron chi connectivity index (χ2n) is 12.1. The number of fused-ring (bicyclic) bond motifs is 4. The van der Waals surface area contributed by atoms with Crippen molar-refractivity contribution in [3.63, 3.8) is 0 Å². The first-order valence-electron chi connectivity index (χ1n) is 15.9. The average molecular weight is 623 g/mol. The predicted molar refractivity (Wildman–Crippen MR) is 194 cm³/mol. The van der Waals surface area contributed by atoms with E-state index in [4.69, 9.17) is 9.47 Å². The van der Waals surface area contributed by atoms with E-state index in [0.717, 1.165) is 65.3 Å². The van der Waals surface area contributed by atoms with Crippen LogP contribution in [0.15, 0.2) is 146 Å². The maximum atomic E-state index is 13.5. The van der Waals surface area contributed by atoms with Crippen molar-refractivity contribution in [1.29, 1.82) is 0 Å². The zero-order valence-electron chi connectivity index (χ0n) is 26.5. The summed E-state index contributed by atoms with van der Waals surface area (Å²) < 4.78 is 12.5. The molecular formula is C44H30O4. The molecule has 0 aromatic heterocycles. The first kappa shape index (κ1) is 29.2. The highest BCUT2D eigenvalue weighted by atomic mass is 16.5. The van der Waals surface area contributed by atoms with Crippen LogP contribution < -0.4 is 9.47 Å². The summed E-state index contributed by atoms with van der Waals surface area (Å²) in [6, 6.07) is 47.0. The zero-order chi connectivity index (χ0) is 32.8.